The van der Waals surface area contributed by atoms with Crippen molar-refractivity contribution in [3.05, 3.63) is 16.5 Å². The Bertz CT molecular complexity index is 445. The van der Waals surface area contributed by atoms with Crippen molar-refractivity contribution < 1.29 is 5.11 Å². The van der Waals surface area contributed by atoms with Gasteiger partial charge in [0.25, 0.3) is 0 Å². The summed E-state index contributed by atoms with van der Waals surface area (Å²) in [7, 11) is 0. The molecule has 106 valence electrons. The molecule has 2 rings (SSSR count). The van der Waals surface area contributed by atoms with Crippen molar-refractivity contribution in [2.24, 2.45) is 5.92 Å². The summed E-state index contributed by atoms with van der Waals surface area (Å²) in [5, 5.41) is 13.2. The van der Waals surface area contributed by atoms with Crippen LogP contribution in [0.4, 0.5) is 5.82 Å². The average Bonchev–Trinajstić information content (AvgIpc) is 2.70. The van der Waals surface area contributed by atoms with Gasteiger partial charge in [0.2, 0.25) is 0 Å². The molecule has 1 heterocycles. The molecule has 2 atom stereocenters. The predicted octanol–water partition coefficient (Wildman–Crippen LogP) is 3.11. The average molecular weight is 328 g/mol. The largest absolute Gasteiger partial charge is 0.393 e. The zero-order valence-electron chi connectivity index (χ0n) is 11.8. The lowest BCUT2D eigenvalue weighted by atomic mass is 9.96. The van der Waals surface area contributed by atoms with Crippen molar-refractivity contribution in [1.29, 1.82) is 0 Å². The van der Waals surface area contributed by atoms with Gasteiger partial charge in [0.15, 0.2) is 0 Å². The molecule has 0 bridgehead atoms. The van der Waals surface area contributed by atoms with Gasteiger partial charge < -0.3 is 10.4 Å². The Morgan fingerprint density at radius 3 is 2.68 bits per heavy atom. The molecule has 5 heteroatoms. The fraction of sp³-hybridized carbons (Fsp3) is 0.714. The van der Waals surface area contributed by atoms with Gasteiger partial charge in [-0.1, -0.05) is 27.2 Å². The number of hydrogen-bond acceptors (Lipinski definition) is 4. The van der Waals surface area contributed by atoms with E-state index in [4.69, 9.17) is 0 Å². The fourth-order valence-corrected chi connectivity index (χ4v) is 2.72. The molecule has 2 N–H and O–H groups in total. The molecule has 2 unspecified atom stereocenters. The van der Waals surface area contributed by atoms with Gasteiger partial charge in [-0.05, 0) is 28.8 Å². The number of aliphatic hydroxyl groups is 1. The van der Waals surface area contributed by atoms with Gasteiger partial charge >= 0.3 is 0 Å². The number of rotatable bonds is 3. The second-order valence-electron chi connectivity index (χ2n) is 6.29. The normalized spacial score (nSPS) is 23.6. The van der Waals surface area contributed by atoms with Crippen LogP contribution >= 0.6 is 15.9 Å². The minimum Gasteiger partial charge on any atom is -0.393 e. The van der Waals surface area contributed by atoms with Crippen LogP contribution in [0.5, 0.6) is 0 Å². The highest BCUT2D eigenvalue weighted by Gasteiger charge is 2.25. The van der Waals surface area contributed by atoms with E-state index in [2.05, 4.69) is 52.0 Å². The van der Waals surface area contributed by atoms with E-state index in [9.17, 15) is 5.11 Å². The van der Waals surface area contributed by atoms with Gasteiger partial charge in [-0.25, -0.2) is 9.97 Å². The molecule has 1 aromatic rings. The Labute approximate surface area is 123 Å². The van der Waals surface area contributed by atoms with E-state index in [-0.39, 0.29) is 11.5 Å². The Morgan fingerprint density at radius 2 is 2.11 bits per heavy atom. The second kappa shape index (κ2) is 5.75. The van der Waals surface area contributed by atoms with Crippen LogP contribution in [0.15, 0.2) is 10.7 Å². The first kappa shape index (κ1) is 14.7. The third-order valence-corrected chi connectivity index (χ3v) is 3.94. The highest BCUT2D eigenvalue weighted by Crippen LogP contribution is 2.26. The molecule has 0 radical (unpaired) electrons. The number of hydrogen-bond donors (Lipinski definition) is 2. The first-order valence-electron chi connectivity index (χ1n) is 6.83. The molecule has 0 aromatic carbocycles. The maximum Gasteiger partial charge on any atom is 0.137 e. The summed E-state index contributed by atoms with van der Waals surface area (Å²) < 4.78 is 0.793. The third-order valence-electron chi connectivity index (χ3n) is 3.53. The predicted molar refractivity (Wildman–Crippen MR) is 80.3 cm³/mol. The number of halogens is 1. The summed E-state index contributed by atoms with van der Waals surface area (Å²) in [6, 6.07) is 1.89. The monoisotopic (exact) mass is 327 g/mol. The number of aliphatic hydroxyl groups excluding tert-OH is 1. The fourth-order valence-electron chi connectivity index (χ4n) is 2.33. The Kier molecular flexibility index (Phi) is 4.46. The highest BCUT2D eigenvalue weighted by atomic mass is 79.9. The quantitative estimate of drug-likeness (QED) is 0.837. The second-order valence-corrected chi connectivity index (χ2v) is 7.10. The summed E-state index contributed by atoms with van der Waals surface area (Å²) in [5.74, 6) is 1.98. The molecule has 0 saturated heterocycles. The van der Waals surface area contributed by atoms with Gasteiger partial charge in [-0.15, -0.1) is 0 Å². The van der Waals surface area contributed by atoms with E-state index >= 15 is 0 Å². The van der Waals surface area contributed by atoms with Crippen molar-refractivity contribution in [1.82, 2.24) is 9.97 Å². The van der Waals surface area contributed by atoms with Gasteiger partial charge in [0.1, 0.15) is 16.2 Å². The van der Waals surface area contributed by atoms with Gasteiger partial charge in [-0.2, -0.15) is 0 Å². The van der Waals surface area contributed by atoms with Crippen LogP contribution in [0, 0.1) is 5.92 Å². The molecule has 0 amide bonds. The van der Waals surface area contributed by atoms with Crippen LogP contribution in [0.2, 0.25) is 0 Å². The van der Waals surface area contributed by atoms with Crippen molar-refractivity contribution in [2.45, 2.75) is 51.6 Å². The van der Waals surface area contributed by atoms with Crippen LogP contribution in [-0.2, 0) is 5.41 Å². The lowest BCUT2D eigenvalue weighted by molar-refractivity contribution is 0.138. The molecule has 1 aliphatic carbocycles. The van der Waals surface area contributed by atoms with Gasteiger partial charge in [0, 0.05) is 23.9 Å². The summed E-state index contributed by atoms with van der Waals surface area (Å²) in [4.78, 5) is 8.97. The van der Waals surface area contributed by atoms with Crippen LogP contribution in [-0.4, -0.2) is 27.7 Å². The molecule has 1 aromatic heterocycles. The van der Waals surface area contributed by atoms with Crippen molar-refractivity contribution in [3.63, 3.8) is 0 Å². The summed E-state index contributed by atoms with van der Waals surface area (Å²) in [6.07, 6.45) is 2.97. The standard InChI is InChI=1S/C14H22BrN3O/c1-14(2,3)13-17-11(15)7-12(18-13)16-8-9-5-4-6-10(9)19/h7,9-10,19H,4-6,8H2,1-3H3,(H,16,17,18). The van der Waals surface area contributed by atoms with Crippen LogP contribution in [0.3, 0.4) is 0 Å². The Hall–Kier alpha value is -0.680. The molecular weight excluding hydrogens is 306 g/mol. The van der Waals surface area contributed by atoms with E-state index in [1.54, 1.807) is 0 Å². The molecule has 1 saturated carbocycles. The molecular formula is C14H22BrN3O. The first-order chi connectivity index (χ1) is 8.86. The maximum atomic E-state index is 9.82. The van der Waals surface area contributed by atoms with E-state index in [1.165, 1.54) is 0 Å². The van der Waals surface area contributed by atoms with Crippen LogP contribution in [0.1, 0.15) is 45.9 Å². The molecule has 1 aliphatic rings. The topological polar surface area (TPSA) is 58.0 Å². The number of nitrogens with zero attached hydrogens (tertiary/aromatic N) is 2. The van der Waals surface area contributed by atoms with Crippen LogP contribution in [0.25, 0.3) is 0 Å². The molecule has 4 nitrogen and oxygen atoms in total. The van der Waals surface area contributed by atoms with Gasteiger partial charge in [-0.3, -0.25) is 0 Å². The smallest absolute Gasteiger partial charge is 0.137 e. The molecule has 0 spiro atoms. The lowest BCUT2D eigenvalue weighted by Crippen LogP contribution is -2.23. The number of aromatic nitrogens is 2. The minimum absolute atomic E-state index is 0.0763. The Morgan fingerprint density at radius 1 is 1.37 bits per heavy atom. The SMILES string of the molecule is CC(C)(C)c1nc(Br)cc(NCC2CCCC2O)n1. The lowest BCUT2D eigenvalue weighted by Gasteiger charge is -2.19. The molecule has 19 heavy (non-hydrogen) atoms. The van der Waals surface area contributed by atoms with Crippen LogP contribution < -0.4 is 5.32 Å². The maximum absolute atomic E-state index is 9.82. The van der Waals surface area contributed by atoms with E-state index in [0.717, 1.165) is 42.1 Å². The molecule has 1 fully saturated rings. The van der Waals surface area contributed by atoms with Gasteiger partial charge in [0.05, 0.1) is 6.10 Å². The van der Waals surface area contributed by atoms with E-state index in [0.29, 0.717) is 5.92 Å². The van der Waals surface area contributed by atoms with Crippen molar-refractivity contribution in [3.8, 4) is 0 Å². The highest BCUT2D eigenvalue weighted by molar-refractivity contribution is 9.10. The number of anilines is 1. The van der Waals surface area contributed by atoms with E-state index in [1.807, 2.05) is 6.07 Å². The zero-order valence-corrected chi connectivity index (χ0v) is 13.4. The minimum atomic E-state index is -0.167. The van der Waals surface area contributed by atoms with E-state index < -0.39 is 0 Å². The van der Waals surface area contributed by atoms with Crippen molar-refractivity contribution in [2.75, 3.05) is 11.9 Å². The summed E-state index contributed by atoms with van der Waals surface area (Å²) >= 11 is 3.43. The summed E-state index contributed by atoms with van der Waals surface area (Å²) in [6.45, 7) is 7.06. The van der Waals surface area contributed by atoms with Crippen molar-refractivity contribution >= 4 is 21.7 Å². The molecule has 0 aliphatic heterocycles. The zero-order chi connectivity index (χ0) is 14.0. The Balaban J connectivity index is 2.06. The number of nitrogens with one attached hydrogen (secondary N) is 1. The first-order valence-corrected chi connectivity index (χ1v) is 7.62. The summed E-state index contributed by atoms with van der Waals surface area (Å²) in [5.41, 5.74) is -0.0763. The third kappa shape index (κ3) is 3.89.